The Morgan fingerprint density at radius 2 is 1.50 bits per heavy atom. The van der Waals surface area contributed by atoms with E-state index in [0.29, 0.717) is 0 Å². The van der Waals surface area contributed by atoms with Gasteiger partial charge in [-0.15, -0.1) is 0 Å². The van der Waals surface area contributed by atoms with Gasteiger partial charge in [-0.05, 0) is 22.3 Å². The lowest BCUT2D eigenvalue weighted by Crippen LogP contribution is -1.94. The predicted molar refractivity (Wildman–Crippen MR) is 77.5 cm³/mol. The van der Waals surface area contributed by atoms with Crippen LogP contribution in [0.25, 0.3) is 6.08 Å². The zero-order valence-electron chi connectivity index (χ0n) is 9.75. The first-order chi connectivity index (χ1) is 8.77. The first-order valence-electron chi connectivity index (χ1n) is 5.95. The van der Waals surface area contributed by atoms with Crippen LogP contribution in [0.2, 0.25) is 0 Å². The molecule has 0 bridgehead atoms. The fourth-order valence-electron chi connectivity index (χ4n) is 2.38. The lowest BCUT2D eigenvalue weighted by molar-refractivity contribution is 0.222. The Kier molecular flexibility index (Phi) is 3.06. The molecule has 1 N–H and O–H groups in total. The van der Waals surface area contributed by atoms with Crippen LogP contribution in [0.1, 0.15) is 27.6 Å². The van der Waals surface area contributed by atoms with Crippen molar-refractivity contribution in [3.8, 4) is 0 Å². The van der Waals surface area contributed by atoms with Crippen molar-refractivity contribution in [2.45, 2.75) is 10.9 Å². The van der Waals surface area contributed by atoms with Gasteiger partial charge in [0.25, 0.3) is 0 Å². The molecule has 2 unspecified atom stereocenters. The number of benzene rings is 2. The van der Waals surface area contributed by atoms with Gasteiger partial charge in [0.15, 0.2) is 0 Å². The summed E-state index contributed by atoms with van der Waals surface area (Å²) in [6, 6.07) is 18.1. The first-order valence-corrected chi connectivity index (χ1v) is 6.86. The van der Waals surface area contributed by atoms with E-state index in [-0.39, 0.29) is 4.83 Å². The smallest absolute Gasteiger partial charge is 0.102 e. The SMILES string of the molecule is OC1/C(=C/c2ccccc2)C(Br)c2ccccc21. The summed E-state index contributed by atoms with van der Waals surface area (Å²) in [7, 11) is 0. The van der Waals surface area contributed by atoms with Crippen LogP contribution in [0.3, 0.4) is 0 Å². The highest BCUT2D eigenvalue weighted by Gasteiger charge is 2.32. The van der Waals surface area contributed by atoms with Crippen LogP contribution in [0.15, 0.2) is 60.2 Å². The summed E-state index contributed by atoms with van der Waals surface area (Å²) in [5.74, 6) is 0. The Morgan fingerprint density at radius 1 is 0.889 bits per heavy atom. The van der Waals surface area contributed by atoms with E-state index >= 15 is 0 Å². The largest absolute Gasteiger partial charge is 0.384 e. The summed E-state index contributed by atoms with van der Waals surface area (Å²) >= 11 is 3.67. The first kappa shape index (κ1) is 11.7. The third-order valence-electron chi connectivity index (χ3n) is 3.30. The van der Waals surface area contributed by atoms with E-state index in [1.54, 1.807) is 0 Å². The second-order valence-corrected chi connectivity index (χ2v) is 5.36. The lowest BCUT2D eigenvalue weighted by Gasteiger charge is -2.08. The van der Waals surface area contributed by atoms with Crippen molar-refractivity contribution >= 4 is 22.0 Å². The second kappa shape index (κ2) is 4.71. The van der Waals surface area contributed by atoms with Crippen LogP contribution in [-0.2, 0) is 0 Å². The van der Waals surface area contributed by atoms with Gasteiger partial charge in [0.2, 0.25) is 0 Å². The monoisotopic (exact) mass is 300 g/mol. The Balaban J connectivity index is 2.04. The molecule has 18 heavy (non-hydrogen) atoms. The van der Waals surface area contributed by atoms with Gasteiger partial charge in [-0.3, -0.25) is 0 Å². The maximum Gasteiger partial charge on any atom is 0.102 e. The normalized spacial score (nSPS) is 24.2. The summed E-state index contributed by atoms with van der Waals surface area (Å²) in [6.45, 7) is 0. The molecule has 0 aromatic heterocycles. The van der Waals surface area contributed by atoms with E-state index in [2.05, 4.69) is 28.1 Å². The zero-order chi connectivity index (χ0) is 12.5. The third kappa shape index (κ3) is 1.92. The quantitative estimate of drug-likeness (QED) is 0.781. The molecule has 1 aliphatic rings. The van der Waals surface area contributed by atoms with Gasteiger partial charge in [-0.2, -0.15) is 0 Å². The summed E-state index contributed by atoms with van der Waals surface area (Å²) in [4.78, 5) is 0.101. The van der Waals surface area contributed by atoms with Gasteiger partial charge in [-0.25, -0.2) is 0 Å². The Labute approximate surface area is 115 Å². The fourth-order valence-corrected chi connectivity index (χ4v) is 3.18. The number of halogens is 1. The summed E-state index contributed by atoms with van der Waals surface area (Å²) < 4.78 is 0. The van der Waals surface area contributed by atoms with E-state index in [4.69, 9.17) is 0 Å². The van der Waals surface area contributed by atoms with Crippen molar-refractivity contribution in [2.24, 2.45) is 0 Å². The van der Waals surface area contributed by atoms with Crippen molar-refractivity contribution in [2.75, 3.05) is 0 Å². The number of rotatable bonds is 1. The van der Waals surface area contributed by atoms with E-state index in [1.807, 2.05) is 48.5 Å². The molecule has 3 rings (SSSR count). The van der Waals surface area contributed by atoms with Gasteiger partial charge in [0.1, 0.15) is 6.10 Å². The minimum absolute atomic E-state index is 0.101. The van der Waals surface area contributed by atoms with E-state index < -0.39 is 6.10 Å². The Morgan fingerprint density at radius 3 is 2.17 bits per heavy atom. The third-order valence-corrected chi connectivity index (χ3v) is 4.33. The Hall–Kier alpha value is -1.38. The number of hydrogen-bond donors (Lipinski definition) is 1. The molecule has 0 saturated carbocycles. The molecule has 2 atom stereocenters. The fraction of sp³-hybridized carbons (Fsp3) is 0.125. The van der Waals surface area contributed by atoms with Crippen LogP contribution >= 0.6 is 15.9 Å². The minimum atomic E-state index is -0.509. The van der Waals surface area contributed by atoms with Crippen molar-refractivity contribution in [3.63, 3.8) is 0 Å². The van der Waals surface area contributed by atoms with E-state index in [1.165, 1.54) is 0 Å². The van der Waals surface area contributed by atoms with Crippen molar-refractivity contribution in [3.05, 3.63) is 76.9 Å². The highest BCUT2D eigenvalue weighted by molar-refractivity contribution is 9.09. The van der Waals surface area contributed by atoms with Crippen molar-refractivity contribution in [1.82, 2.24) is 0 Å². The zero-order valence-corrected chi connectivity index (χ0v) is 11.3. The van der Waals surface area contributed by atoms with Gasteiger partial charge in [0, 0.05) is 0 Å². The summed E-state index contributed by atoms with van der Waals surface area (Å²) in [5.41, 5.74) is 4.28. The maximum absolute atomic E-state index is 10.4. The molecule has 0 heterocycles. The van der Waals surface area contributed by atoms with Gasteiger partial charge in [-0.1, -0.05) is 76.6 Å². The number of alkyl halides is 1. The molecule has 2 aromatic rings. The molecule has 1 aliphatic carbocycles. The Bertz CT molecular complexity index is 558. The molecule has 0 radical (unpaired) electrons. The highest BCUT2D eigenvalue weighted by Crippen LogP contribution is 2.48. The van der Waals surface area contributed by atoms with Crippen LogP contribution in [-0.4, -0.2) is 5.11 Å². The van der Waals surface area contributed by atoms with E-state index in [9.17, 15) is 5.11 Å². The molecule has 0 saturated heterocycles. The van der Waals surface area contributed by atoms with Crippen LogP contribution < -0.4 is 0 Å². The average Bonchev–Trinajstić information content (AvgIpc) is 2.66. The van der Waals surface area contributed by atoms with E-state index in [0.717, 1.165) is 22.3 Å². The van der Waals surface area contributed by atoms with Crippen LogP contribution in [0, 0.1) is 0 Å². The topological polar surface area (TPSA) is 20.2 Å². The molecule has 0 spiro atoms. The van der Waals surface area contributed by atoms with Crippen molar-refractivity contribution in [1.29, 1.82) is 0 Å². The maximum atomic E-state index is 10.4. The molecule has 0 aliphatic heterocycles. The molecule has 0 amide bonds. The highest BCUT2D eigenvalue weighted by atomic mass is 79.9. The molecule has 90 valence electrons. The molecule has 2 aromatic carbocycles. The molecular formula is C16H13BrO. The molecule has 2 heteroatoms. The van der Waals surface area contributed by atoms with Crippen LogP contribution in [0.4, 0.5) is 0 Å². The second-order valence-electron chi connectivity index (χ2n) is 4.45. The lowest BCUT2D eigenvalue weighted by atomic mass is 10.1. The summed E-state index contributed by atoms with van der Waals surface area (Å²) in [6.07, 6.45) is 1.55. The molecule has 1 nitrogen and oxygen atoms in total. The number of hydrogen-bond acceptors (Lipinski definition) is 1. The number of fused-ring (bicyclic) bond motifs is 1. The van der Waals surface area contributed by atoms with Crippen molar-refractivity contribution < 1.29 is 5.11 Å². The molecule has 0 fully saturated rings. The van der Waals surface area contributed by atoms with Crippen LogP contribution in [0.5, 0.6) is 0 Å². The average molecular weight is 301 g/mol. The summed E-state index contributed by atoms with van der Waals surface area (Å²) in [5, 5.41) is 10.4. The van der Waals surface area contributed by atoms with Gasteiger partial charge in [0.05, 0.1) is 4.83 Å². The van der Waals surface area contributed by atoms with Gasteiger partial charge < -0.3 is 5.11 Å². The number of aliphatic hydroxyl groups is 1. The van der Waals surface area contributed by atoms with Gasteiger partial charge >= 0.3 is 0 Å². The standard InChI is InChI=1S/C16H13BrO/c17-15-12-8-4-5-9-13(12)16(18)14(15)10-11-6-2-1-3-7-11/h1-10,15-16,18H/b14-10+. The molecular weight excluding hydrogens is 288 g/mol. The number of aliphatic hydroxyl groups excluding tert-OH is 1. The predicted octanol–water partition coefficient (Wildman–Crippen LogP) is 4.25. The minimum Gasteiger partial charge on any atom is -0.384 e.